The molecular formula is C10H15FN2O4S2. The van der Waals surface area contributed by atoms with Crippen LogP contribution in [0.1, 0.15) is 13.8 Å². The lowest BCUT2D eigenvalue weighted by atomic mass is 10.3. The molecule has 0 aliphatic rings. The van der Waals surface area contributed by atoms with Crippen molar-refractivity contribution in [1.29, 1.82) is 0 Å². The third-order valence-corrected chi connectivity index (χ3v) is 4.99. The number of para-hydroxylation sites is 1. The summed E-state index contributed by atoms with van der Waals surface area (Å²) in [6.45, 7) is 3.72. The zero-order valence-electron chi connectivity index (χ0n) is 10.5. The van der Waals surface area contributed by atoms with Gasteiger partial charge < -0.3 is 0 Å². The van der Waals surface area contributed by atoms with Gasteiger partial charge in [0.05, 0.1) is 5.69 Å². The molecule has 1 N–H and O–H groups in total. The fourth-order valence-electron chi connectivity index (χ4n) is 1.53. The summed E-state index contributed by atoms with van der Waals surface area (Å²) >= 11 is 0. The zero-order valence-corrected chi connectivity index (χ0v) is 12.1. The molecule has 0 spiro atoms. The van der Waals surface area contributed by atoms with E-state index in [0.29, 0.717) is 0 Å². The van der Waals surface area contributed by atoms with Crippen molar-refractivity contribution in [2.75, 3.05) is 17.8 Å². The lowest BCUT2D eigenvalue weighted by Gasteiger charge is -2.20. The molecule has 0 saturated heterocycles. The molecule has 0 heterocycles. The van der Waals surface area contributed by atoms with Crippen molar-refractivity contribution in [2.45, 2.75) is 18.7 Å². The third kappa shape index (κ3) is 3.88. The largest absolute Gasteiger partial charge is 0.334 e. The molecular weight excluding hydrogens is 295 g/mol. The minimum Gasteiger partial charge on any atom is -0.269 e. The summed E-state index contributed by atoms with van der Waals surface area (Å²) in [6, 6.07) is 4.90. The summed E-state index contributed by atoms with van der Waals surface area (Å²) in [4.78, 5) is -0.703. The highest BCUT2D eigenvalue weighted by Crippen LogP contribution is 2.24. The van der Waals surface area contributed by atoms with Gasteiger partial charge in [-0.3, -0.25) is 4.72 Å². The lowest BCUT2D eigenvalue weighted by molar-refractivity contribution is 0.449. The highest BCUT2D eigenvalue weighted by atomic mass is 32.3. The Hall–Kier alpha value is -1.19. The lowest BCUT2D eigenvalue weighted by Crippen LogP contribution is -2.35. The molecule has 0 fully saturated rings. The first-order chi connectivity index (χ1) is 8.72. The predicted octanol–water partition coefficient (Wildman–Crippen LogP) is 1.34. The minimum atomic E-state index is -4.99. The van der Waals surface area contributed by atoms with Crippen molar-refractivity contribution in [3.63, 3.8) is 0 Å². The number of nitrogens with one attached hydrogen (secondary N) is 1. The maximum atomic E-state index is 13.0. The molecule has 0 aliphatic carbocycles. The third-order valence-electron chi connectivity index (χ3n) is 2.43. The van der Waals surface area contributed by atoms with Gasteiger partial charge in [-0.25, -0.2) is 0 Å². The van der Waals surface area contributed by atoms with Gasteiger partial charge in [-0.1, -0.05) is 26.0 Å². The van der Waals surface area contributed by atoms with E-state index in [-0.39, 0.29) is 18.8 Å². The molecule has 1 aromatic rings. The number of hydrogen-bond donors (Lipinski definition) is 1. The van der Waals surface area contributed by atoms with Crippen molar-refractivity contribution < 1.29 is 20.7 Å². The van der Waals surface area contributed by atoms with E-state index in [4.69, 9.17) is 0 Å². The van der Waals surface area contributed by atoms with Gasteiger partial charge in [-0.15, -0.1) is 3.89 Å². The van der Waals surface area contributed by atoms with Gasteiger partial charge in [-0.05, 0) is 12.1 Å². The summed E-state index contributed by atoms with van der Waals surface area (Å²) in [7, 11) is -8.90. The molecule has 0 bridgehead atoms. The van der Waals surface area contributed by atoms with Crippen molar-refractivity contribution in [3.8, 4) is 0 Å². The van der Waals surface area contributed by atoms with Crippen LogP contribution < -0.4 is 4.72 Å². The second kappa shape index (κ2) is 5.85. The van der Waals surface area contributed by atoms with E-state index >= 15 is 0 Å². The van der Waals surface area contributed by atoms with Gasteiger partial charge in [-0.2, -0.15) is 21.1 Å². The van der Waals surface area contributed by atoms with E-state index < -0.39 is 25.3 Å². The van der Waals surface area contributed by atoms with Crippen LogP contribution in [0.2, 0.25) is 0 Å². The van der Waals surface area contributed by atoms with Crippen LogP contribution in [0.5, 0.6) is 0 Å². The van der Waals surface area contributed by atoms with E-state index in [2.05, 4.69) is 4.72 Å². The molecule has 9 heteroatoms. The van der Waals surface area contributed by atoms with Crippen LogP contribution in [0.3, 0.4) is 0 Å². The van der Waals surface area contributed by atoms with Crippen LogP contribution in [-0.4, -0.2) is 34.2 Å². The Balaban J connectivity index is 3.21. The van der Waals surface area contributed by atoms with Crippen LogP contribution >= 0.6 is 0 Å². The van der Waals surface area contributed by atoms with E-state index in [9.17, 15) is 20.7 Å². The van der Waals surface area contributed by atoms with Crippen molar-refractivity contribution >= 4 is 26.1 Å². The second-order valence-corrected chi connectivity index (χ2v) is 6.61. The Morgan fingerprint density at radius 1 is 1.11 bits per heavy atom. The molecule has 0 aliphatic heterocycles. The SMILES string of the molecule is CCN(CC)S(=O)(=O)Nc1ccccc1S(=O)(=O)F. The summed E-state index contributed by atoms with van der Waals surface area (Å²) in [5, 5.41) is 0. The van der Waals surface area contributed by atoms with E-state index in [0.717, 1.165) is 10.4 Å². The minimum absolute atomic E-state index is 0.219. The highest BCUT2D eigenvalue weighted by molar-refractivity contribution is 7.90. The first-order valence-electron chi connectivity index (χ1n) is 5.54. The Morgan fingerprint density at radius 2 is 1.63 bits per heavy atom. The maximum absolute atomic E-state index is 13.0. The van der Waals surface area contributed by atoms with Crippen molar-refractivity contribution in [2.24, 2.45) is 0 Å². The van der Waals surface area contributed by atoms with Crippen LogP contribution in [-0.2, 0) is 20.4 Å². The van der Waals surface area contributed by atoms with E-state index in [1.165, 1.54) is 18.2 Å². The topological polar surface area (TPSA) is 83.6 Å². The number of benzene rings is 1. The normalized spacial score (nSPS) is 12.6. The van der Waals surface area contributed by atoms with Crippen molar-refractivity contribution in [1.82, 2.24) is 4.31 Å². The molecule has 0 saturated carbocycles. The number of rotatable bonds is 6. The van der Waals surface area contributed by atoms with Crippen LogP contribution in [0.25, 0.3) is 0 Å². The monoisotopic (exact) mass is 310 g/mol. The van der Waals surface area contributed by atoms with Crippen LogP contribution in [0.4, 0.5) is 9.57 Å². The molecule has 0 amide bonds. The predicted molar refractivity (Wildman–Crippen MR) is 70.2 cm³/mol. The Morgan fingerprint density at radius 3 is 2.11 bits per heavy atom. The van der Waals surface area contributed by atoms with Gasteiger partial charge >= 0.3 is 20.4 Å². The van der Waals surface area contributed by atoms with E-state index in [1.807, 2.05) is 0 Å². The second-order valence-electron chi connectivity index (χ2n) is 3.63. The molecule has 0 aromatic heterocycles. The number of hydrogen-bond acceptors (Lipinski definition) is 4. The van der Waals surface area contributed by atoms with Gasteiger partial charge in [0.2, 0.25) is 0 Å². The summed E-state index contributed by atoms with van der Waals surface area (Å²) in [5.41, 5.74) is -0.308. The quantitative estimate of drug-likeness (QED) is 0.804. The Labute approximate surface area is 112 Å². The van der Waals surface area contributed by atoms with E-state index in [1.54, 1.807) is 13.8 Å². The van der Waals surface area contributed by atoms with Crippen LogP contribution in [0.15, 0.2) is 29.2 Å². The standard InChI is InChI=1S/C10H15FN2O4S2/c1-3-13(4-2)19(16,17)12-9-7-5-6-8-10(9)18(11,14)15/h5-8,12H,3-4H2,1-2H3. The fourth-order valence-corrected chi connectivity index (χ4v) is 3.48. The molecule has 1 aromatic carbocycles. The smallest absolute Gasteiger partial charge is 0.269 e. The number of anilines is 1. The maximum Gasteiger partial charge on any atom is 0.334 e. The summed E-state index contributed by atoms with van der Waals surface area (Å²) < 4.78 is 62.0. The average Bonchev–Trinajstić information content (AvgIpc) is 2.28. The summed E-state index contributed by atoms with van der Waals surface area (Å²) in [6.07, 6.45) is 0. The van der Waals surface area contributed by atoms with Gasteiger partial charge in [0.25, 0.3) is 0 Å². The molecule has 108 valence electrons. The molecule has 6 nitrogen and oxygen atoms in total. The first-order valence-corrected chi connectivity index (χ1v) is 8.36. The average molecular weight is 310 g/mol. The van der Waals surface area contributed by atoms with Crippen LogP contribution in [0, 0.1) is 0 Å². The summed E-state index contributed by atoms with van der Waals surface area (Å²) in [5.74, 6) is 0. The molecule has 0 radical (unpaired) electrons. The molecule has 0 atom stereocenters. The molecule has 0 unspecified atom stereocenters. The Kier molecular flexibility index (Phi) is 4.88. The zero-order chi connectivity index (χ0) is 14.7. The molecule has 1 rings (SSSR count). The molecule has 19 heavy (non-hydrogen) atoms. The highest BCUT2D eigenvalue weighted by Gasteiger charge is 2.23. The van der Waals surface area contributed by atoms with Gasteiger partial charge in [0.15, 0.2) is 0 Å². The number of halogens is 1. The van der Waals surface area contributed by atoms with Crippen molar-refractivity contribution in [3.05, 3.63) is 24.3 Å². The number of nitrogens with zero attached hydrogens (tertiary/aromatic N) is 1. The first kappa shape index (κ1) is 15.9. The Bertz CT molecular complexity index is 639. The fraction of sp³-hybridized carbons (Fsp3) is 0.400. The van der Waals surface area contributed by atoms with Gasteiger partial charge in [0.1, 0.15) is 4.90 Å². The van der Waals surface area contributed by atoms with Gasteiger partial charge in [0, 0.05) is 13.1 Å².